The fraction of sp³-hybridized carbons (Fsp3) is 0.400. The minimum Gasteiger partial charge on any atom is -0.508 e. The first-order valence-corrected chi connectivity index (χ1v) is 4.60. The average molecular weight is 237 g/mol. The van der Waals surface area contributed by atoms with Crippen molar-refractivity contribution in [3.8, 4) is 5.75 Å². The van der Waals surface area contributed by atoms with E-state index in [4.69, 9.17) is 5.73 Å². The molecule has 0 aliphatic heterocycles. The average Bonchev–Trinajstić information content (AvgIpc) is 2.17. The number of hydrogen-bond donors (Lipinski definition) is 2. The number of alkyl halides is 3. The fourth-order valence-electron chi connectivity index (χ4n) is 1.23. The molecule has 1 atom stereocenters. The van der Waals surface area contributed by atoms with E-state index in [-0.39, 0.29) is 24.2 Å². The Morgan fingerprint density at radius 1 is 1.31 bits per heavy atom. The van der Waals surface area contributed by atoms with Crippen LogP contribution in [0.3, 0.4) is 0 Å². The Bertz CT molecular complexity index is 364. The van der Waals surface area contributed by atoms with E-state index >= 15 is 0 Å². The molecular formula is C10H11F4NO. The van der Waals surface area contributed by atoms with Crippen molar-refractivity contribution in [2.24, 2.45) is 5.73 Å². The quantitative estimate of drug-likeness (QED) is 0.793. The Hall–Kier alpha value is -1.30. The van der Waals surface area contributed by atoms with Crippen molar-refractivity contribution in [1.29, 1.82) is 0 Å². The number of aromatic hydroxyl groups is 1. The molecule has 1 rings (SSSR count). The van der Waals surface area contributed by atoms with E-state index in [9.17, 15) is 22.7 Å². The molecule has 3 N–H and O–H groups in total. The summed E-state index contributed by atoms with van der Waals surface area (Å²) in [5.41, 5.74) is 5.01. The van der Waals surface area contributed by atoms with Crippen LogP contribution in [0.5, 0.6) is 5.75 Å². The van der Waals surface area contributed by atoms with Crippen LogP contribution in [0, 0.1) is 5.82 Å². The van der Waals surface area contributed by atoms with Crippen LogP contribution in [0.25, 0.3) is 0 Å². The predicted molar refractivity (Wildman–Crippen MR) is 50.4 cm³/mol. The molecule has 0 spiro atoms. The summed E-state index contributed by atoms with van der Waals surface area (Å²) in [4.78, 5) is 0. The van der Waals surface area contributed by atoms with E-state index < -0.39 is 18.0 Å². The van der Waals surface area contributed by atoms with Gasteiger partial charge in [0.1, 0.15) is 17.6 Å². The maximum Gasteiger partial charge on any atom is 0.403 e. The smallest absolute Gasteiger partial charge is 0.403 e. The van der Waals surface area contributed by atoms with Gasteiger partial charge in [-0.2, -0.15) is 13.2 Å². The standard InChI is InChI=1S/C10H11F4NO/c11-7-2-3-8(16)6(5-7)1-4-9(15)10(12,13)14/h2-3,5,9,16H,1,4,15H2. The Balaban J connectivity index is 2.64. The van der Waals surface area contributed by atoms with Crippen LogP contribution in [-0.2, 0) is 6.42 Å². The Morgan fingerprint density at radius 3 is 2.50 bits per heavy atom. The van der Waals surface area contributed by atoms with Crippen LogP contribution in [0.1, 0.15) is 12.0 Å². The van der Waals surface area contributed by atoms with Gasteiger partial charge in [-0.1, -0.05) is 0 Å². The van der Waals surface area contributed by atoms with Gasteiger partial charge in [0.25, 0.3) is 0 Å². The van der Waals surface area contributed by atoms with E-state index in [1.807, 2.05) is 0 Å². The first-order chi connectivity index (χ1) is 7.30. The summed E-state index contributed by atoms with van der Waals surface area (Å²) in [5, 5.41) is 9.26. The lowest BCUT2D eigenvalue weighted by Gasteiger charge is -2.15. The van der Waals surface area contributed by atoms with Gasteiger partial charge in [-0.3, -0.25) is 0 Å². The van der Waals surface area contributed by atoms with Gasteiger partial charge in [-0.15, -0.1) is 0 Å². The summed E-state index contributed by atoms with van der Waals surface area (Å²) in [6.07, 6.45) is -4.98. The molecule has 6 heteroatoms. The first kappa shape index (κ1) is 12.8. The van der Waals surface area contributed by atoms with Gasteiger partial charge in [0.15, 0.2) is 0 Å². The Kier molecular flexibility index (Phi) is 3.74. The highest BCUT2D eigenvalue weighted by Gasteiger charge is 2.36. The van der Waals surface area contributed by atoms with Crippen molar-refractivity contribution in [3.05, 3.63) is 29.6 Å². The molecule has 0 saturated carbocycles. The first-order valence-electron chi connectivity index (χ1n) is 4.60. The van der Waals surface area contributed by atoms with Crippen LogP contribution in [0.15, 0.2) is 18.2 Å². The number of rotatable bonds is 3. The van der Waals surface area contributed by atoms with Crippen molar-refractivity contribution < 1.29 is 22.7 Å². The molecule has 0 fully saturated rings. The maximum atomic E-state index is 12.7. The highest BCUT2D eigenvalue weighted by atomic mass is 19.4. The second-order valence-electron chi connectivity index (χ2n) is 3.46. The third-order valence-corrected chi connectivity index (χ3v) is 2.19. The molecule has 0 radical (unpaired) electrons. The predicted octanol–water partition coefficient (Wildman–Crippen LogP) is 2.35. The van der Waals surface area contributed by atoms with E-state index in [2.05, 4.69) is 0 Å². The van der Waals surface area contributed by atoms with Gasteiger partial charge in [0, 0.05) is 0 Å². The highest BCUT2D eigenvalue weighted by molar-refractivity contribution is 5.32. The number of nitrogens with two attached hydrogens (primary N) is 1. The zero-order valence-electron chi connectivity index (χ0n) is 8.26. The Labute approximate surface area is 89.7 Å². The molecule has 2 nitrogen and oxygen atoms in total. The second kappa shape index (κ2) is 4.69. The second-order valence-corrected chi connectivity index (χ2v) is 3.46. The topological polar surface area (TPSA) is 46.2 Å². The highest BCUT2D eigenvalue weighted by Crippen LogP contribution is 2.24. The zero-order valence-corrected chi connectivity index (χ0v) is 8.26. The lowest BCUT2D eigenvalue weighted by Crippen LogP contribution is -2.37. The van der Waals surface area contributed by atoms with Gasteiger partial charge in [-0.25, -0.2) is 4.39 Å². The molecular weight excluding hydrogens is 226 g/mol. The summed E-state index contributed by atoms with van der Waals surface area (Å²) < 4.78 is 49.0. The number of aryl methyl sites for hydroxylation is 1. The molecule has 90 valence electrons. The maximum absolute atomic E-state index is 12.7. The number of benzene rings is 1. The van der Waals surface area contributed by atoms with Gasteiger partial charge >= 0.3 is 6.18 Å². The van der Waals surface area contributed by atoms with Gasteiger partial charge in [-0.05, 0) is 36.6 Å². The fourth-order valence-corrected chi connectivity index (χ4v) is 1.23. The van der Waals surface area contributed by atoms with Crippen molar-refractivity contribution in [3.63, 3.8) is 0 Å². The summed E-state index contributed by atoms with van der Waals surface area (Å²) in [7, 11) is 0. The van der Waals surface area contributed by atoms with Crippen molar-refractivity contribution >= 4 is 0 Å². The van der Waals surface area contributed by atoms with E-state index in [1.165, 1.54) is 0 Å². The summed E-state index contributed by atoms with van der Waals surface area (Å²) in [6.45, 7) is 0. The van der Waals surface area contributed by atoms with E-state index in [1.54, 1.807) is 0 Å². The molecule has 0 aliphatic rings. The van der Waals surface area contributed by atoms with E-state index in [0.717, 1.165) is 18.2 Å². The summed E-state index contributed by atoms with van der Waals surface area (Å²) in [6, 6.07) is 1.17. The molecule has 0 bridgehead atoms. The van der Waals surface area contributed by atoms with Crippen molar-refractivity contribution in [1.82, 2.24) is 0 Å². The van der Waals surface area contributed by atoms with Crippen LogP contribution in [0.4, 0.5) is 17.6 Å². The largest absolute Gasteiger partial charge is 0.508 e. The third-order valence-electron chi connectivity index (χ3n) is 2.19. The molecule has 0 aromatic heterocycles. The van der Waals surface area contributed by atoms with Gasteiger partial charge in [0.05, 0.1) is 0 Å². The van der Waals surface area contributed by atoms with Crippen molar-refractivity contribution in [2.45, 2.75) is 25.1 Å². The molecule has 16 heavy (non-hydrogen) atoms. The van der Waals surface area contributed by atoms with Gasteiger partial charge in [0.2, 0.25) is 0 Å². The van der Waals surface area contributed by atoms with Crippen LogP contribution < -0.4 is 5.73 Å². The van der Waals surface area contributed by atoms with Crippen LogP contribution in [-0.4, -0.2) is 17.3 Å². The van der Waals surface area contributed by atoms with Crippen molar-refractivity contribution in [2.75, 3.05) is 0 Å². The third kappa shape index (κ3) is 3.37. The molecule has 1 unspecified atom stereocenters. The molecule has 0 heterocycles. The van der Waals surface area contributed by atoms with Crippen LogP contribution >= 0.6 is 0 Å². The summed E-state index contributed by atoms with van der Waals surface area (Å²) in [5.74, 6) is -0.829. The Morgan fingerprint density at radius 2 is 1.94 bits per heavy atom. The van der Waals surface area contributed by atoms with E-state index in [0.29, 0.717) is 0 Å². The number of hydrogen-bond acceptors (Lipinski definition) is 2. The lowest BCUT2D eigenvalue weighted by molar-refractivity contribution is -0.148. The van der Waals surface area contributed by atoms with Gasteiger partial charge < -0.3 is 10.8 Å². The molecule has 1 aromatic rings. The molecule has 0 aliphatic carbocycles. The zero-order chi connectivity index (χ0) is 12.3. The molecule has 1 aromatic carbocycles. The number of phenolic OH excluding ortho intramolecular Hbond substituents is 1. The molecule has 0 saturated heterocycles. The monoisotopic (exact) mass is 237 g/mol. The number of halogens is 4. The lowest BCUT2D eigenvalue weighted by atomic mass is 10.0. The normalized spacial score (nSPS) is 13.8. The molecule has 0 amide bonds. The minimum absolute atomic E-state index is 0.121. The van der Waals surface area contributed by atoms with Crippen LogP contribution in [0.2, 0.25) is 0 Å². The number of phenols is 1. The SMILES string of the molecule is NC(CCc1cc(F)ccc1O)C(F)(F)F. The summed E-state index contributed by atoms with van der Waals surface area (Å²) >= 11 is 0. The minimum atomic E-state index is -4.47.